The molecule has 3 rings (SSSR count). The Kier molecular flexibility index (Phi) is 6.59. The molecule has 6 nitrogen and oxygen atoms in total. The molecule has 0 N–H and O–H groups in total. The molecular weight excluding hydrogens is 433 g/mol. The number of nitrogens with zero attached hydrogens (tertiary/aromatic N) is 1. The number of rotatable bonds is 7. The zero-order valence-electron chi connectivity index (χ0n) is 15.8. The smallest absolute Gasteiger partial charge is 0.349 e. The highest BCUT2D eigenvalue weighted by Gasteiger charge is 2.21. The Bertz CT molecular complexity index is 1120. The van der Waals surface area contributed by atoms with Crippen molar-refractivity contribution in [2.45, 2.75) is 4.90 Å². The molecule has 0 aliphatic heterocycles. The van der Waals surface area contributed by atoms with Gasteiger partial charge in [-0.25, -0.2) is 17.6 Å². The Hall–Kier alpha value is -3.10. The maximum atomic E-state index is 12.9. The lowest BCUT2D eigenvalue weighted by Crippen LogP contribution is -2.26. The van der Waals surface area contributed by atoms with E-state index in [1.54, 1.807) is 0 Å². The summed E-state index contributed by atoms with van der Waals surface area (Å²) in [5.74, 6) is -0.510. The minimum absolute atomic E-state index is 0.0999. The van der Waals surface area contributed by atoms with Crippen molar-refractivity contribution in [2.24, 2.45) is 0 Å². The van der Waals surface area contributed by atoms with E-state index in [4.69, 9.17) is 21.1 Å². The van der Waals surface area contributed by atoms with Crippen molar-refractivity contribution >= 4 is 33.3 Å². The van der Waals surface area contributed by atoms with Gasteiger partial charge in [-0.3, -0.25) is 4.31 Å². The van der Waals surface area contributed by atoms with E-state index < -0.39 is 21.8 Å². The number of carbonyl (C=O) groups excluding carboxylic acids is 1. The van der Waals surface area contributed by atoms with Crippen LogP contribution in [0.25, 0.3) is 0 Å². The van der Waals surface area contributed by atoms with Gasteiger partial charge >= 0.3 is 5.97 Å². The number of anilines is 1. The molecule has 0 spiro atoms. The standard InChI is InChI=1S/C21H17ClFNO5S/c1-24(30(26,27)20-12-2-15(22)3-13-20)17-6-10-19(11-7-17)29-21(25)14-28-18-8-4-16(23)5-9-18/h2-13H,14H2,1H3. The quantitative estimate of drug-likeness (QED) is 0.397. The van der Waals surface area contributed by atoms with Crippen LogP contribution in [0.3, 0.4) is 0 Å². The zero-order valence-corrected chi connectivity index (χ0v) is 17.4. The van der Waals surface area contributed by atoms with Gasteiger partial charge in [-0.2, -0.15) is 0 Å². The molecule has 0 fully saturated rings. The summed E-state index contributed by atoms with van der Waals surface area (Å²) in [6.07, 6.45) is 0. The minimum Gasteiger partial charge on any atom is -0.482 e. The fourth-order valence-electron chi connectivity index (χ4n) is 2.46. The van der Waals surface area contributed by atoms with Crippen LogP contribution < -0.4 is 13.8 Å². The van der Waals surface area contributed by atoms with Crippen molar-refractivity contribution in [1.29, 1.82) is 0 Å². The number of hydrogen-bond acceptors (Lipinski definition) is 5. The first-order chi connectivity index (χ1) is 14.3. The monoisotopic (exact) mass is 449 g/mol. The maximum absolute atomic E-state index is 12.9. The van der Waals surface area contributed by atoms with Crippen molar-refractivity contribution in [3.63, 3.8) is 0 Å². The highest BCUT2D eigenvalue weighted by atomic mass is 35.5. The minimum atomic E-state index is -3.77. The molecule has 0 aromatic heterocycles. The predicted molar refractivity (Wildman–Crippen MR) is 111 cm³/mol. The van der Waals surface area contributed by atoms with Crippen molar-refractivity contribution in [3.05, 3.63) is 83.6 Å². The summed E-state index contributed by atoms with van der Waals surface area (Å²) in [7, 11) is -2.35. The Morgan fingerprint density at radius 1 is 0.933 bits per heavy atom. The summed E-state index contributed by atoms with van der Waals surface area (Å²) in [6.45, 7) is -0.363. The normalized spacial score (nSPS) is 11.0. The molecule has 156 valence electrons. The molecule has 0 aliphatic rings. The molecule has 0 amide bonds. The fraction of sp³-hybridized carbons (Fsp3) is 0.0952. The molecule has 0 aliphatic carbocycles. The lowest BCUT2D eigenvalue weighted by atomic mass is 10.3. The van der Waals surface area contributed by atoms with Crippen LogP contribution in [0.2, 0.25) is 5.02 Å². The van der Waals surface area contributed by atoms with Crippen molar-refractivity contribution in [2.75, 3.05) is 18.0 Å². The van der Waals surface area contributed by atoms with Gasteiger partial charge < -0.3 is 9.47 Å². The molecule has 3 aromatic rings. The first kappa shape index (κ1) is 21.6. The van der Waals surface area contributed by atoms with Crippen LogP contribution in [-0.2, 0) is 14.8 Å². The Morgan fingerprint density at radius 2 is 1.50 bits per heavy atom. The second kappa shape index (κ2) is 9.15. The number of carbonyl (C=O) groups is 1. The molecule has 0 saturated heterocycles. The van der Waals surface area contributed by atoms with E-state index in [2.05, 4.69) is 0 Å². The van der Waals surface area contributed by atoms with Crippen LogP contribution in [0.4, 0.5) is 10.1 Å². The molecule has 0 atom stereocenters. The summed E-state index contributed by atoms with van der Waals surface area (Å²) < 4.78 is 49.8. The number of ether oxygens (including phenoxy) is 2. The lowest BCUT2D eigenvalue weighted by Gasteiger charge is -2.19. The van der Waals surface area contributed by atoms with Crippen LogP contribution in [0.5, 0.6) is 11.5 Å². The summed E-state index contributed by atoms with van der Waals surface area (Å²) in [4.78, 5) is 12.0. The summed E-state index contributed by atoms with van der Waals surface area (Å²) in [6, 6.07) is 17.0. The molecule has 0 unspecified atom stereocenters. The van der Waals surface area contributed by atoms with Gasteiger partial charge in [0.05, 0.1) is 10.6 Å². The fourth-order valence-corrected chi connectivity index (χ4v) is 3.78. The van der Waals surface area contributed by atoms with Gasteiger partial charge in [0.15, 0.2) is 6.61 Å². The first-order valence-corrected chi connectivity index (χ1v) is 10.5. The Morgan fingerprint density at radius 3 is 2.10 bits per heavy atom. The van der Waals surface area contributed by atoms with Crippen LogP contribution in [0.1, 0.15) is 0 Å². The van der Waals surface area contributed by atoms with Gasteiger partial charge in [0.2, 0.25) is 0 Å². The largest absolute Gasteiger partial charge is 0.482 e. The topological polar surface area (TPSA) is 72.9 Å². The number of esters is 1. The van der Waals surface area contributed by atoms with E-state index in [9.17, 15) is 17.6 Å². The second-order valence-electron chi connectivity index (χ2n) is 6.14. The van der Waals surface area contributed by atoms with Gasteiger partial charge in [-0.1, -0.05) is 11.6 Å². The van der Waals surface area contributed by atoms with Crippen molar-refractivity contribution < 1.29 is 27.1 Å². The van der Waals surface area contributed by atoms with Gasteiger partial charge in [0, 0.05) is 12.1 Å². The molecular formula is C21H17ClFNO5S. The molecule has 0 saturated carbocycles. The Labute approximate surface area is 178 Å². The van der Waals surface area contributed by atoms with Gasteiger partial charge in [-0.05, 0) is 72.8 Å². The summed E-state index contributed by atoms with van der Waals surface area (Å²) >= 11 is 5.81. The lowest BCUT2D eigenvalue weighted by molar-refractivity contribution is -0.136. The third-order valence-electron chi connectivity index (χ3n) is 4.07. The molecule has 30 heavy (non-hydrogen) atoms. The highest BCUT2D eigenvalue weighted by molar-refractivity contribution is 7.92. The molecule has 3 aromatic carbocycles. The highest BCUT2D eigenvalue weighted by Crippen LogP contribution is 2.25. The van der Waals surface area contributed by atoms with E-state index in [-0.39, 0.29) is 17.3 Å². The number of halogens is 2. The molecule has 9 heteroatoms. The zero-order chi connectivity index (χ0) is 21.7. The SMILES string of the molecule is CN(c1ccc(OC(=O)COc2ccc(F)cc2)cc1)S(=O)(=O)c1ccc(Cl)cc1. The second-order valence-corrected chi connectivity index (χ2v) is 8.54. The van der Waals surface area contributed by atoms with E-state index >= 15 is 0 Å². The van der Waals surface area contributed by atoms with E-state index in [1.807, 2.05) is 0 Å². The van der Waals surface area contributed by atoms with Crippen molar-refractivity contribution in [1.82, 2.24) is 0 Å². The van der Waals surface area contributed by atoms with Crippen LogP contribution >= 0.6 is 11.6 Å². The van der Waals surface area contributed by atoms with Crippen molar-refractivity contribution in [3.8, 4) is 11.5 Å². The number of hydrogen-bond donors (Lipinski definition) is 0. The number of benzene rings is 3. The summed E-state index contributed by atoms with van der Waals surface area (Å²) in [5, 5.41) is 0.436. The van der Waals surface area contributed by atoms with E-state index in [0.29, 0.717) is 16.5 Å². The van der Waals surface area contributed by atoms with Gasteiger partial charge in [-0.15, -0.1) is 0 Å². The predicted octanol–water partition coefficient (Wildman–Crippen LogP) is 4.29. The van der Waals surface area contributed by atoms with Crippen LogP contribution in [-0.4, -0.2) is 28.0 Å². The van der Waals surface area contributed by atoms with Crippen LogP contribution in [0, 0.1) is 5.82 Å². The average Bonchev–Trinajstić information content (AvgIpc) is 2.74. The summed E-state index contributed by atoms with van der Waals surface area (Å²) in [5.41, 5.74) is 0.382. The average molecular weight is 450 g/mol. The third kappa shape index (κ3) is 5.28. The molecule has 0 bridgehead atoms. The van der Waals surface area contributed by atoms with Crippen LogP contribution in [0.15, 0.2) is 77.7 Å². The van der Waals surface area contributed by atoms with Gasteiger partial charge in [0.1, 0.15) is 17.3 Å². The van der Waals surface area contributed by atoms with E-state index in [0.717, 1.165) is 4.31 Å². The first-order valence-electron chi connectivity index (χ1n) is 8.69. The van der Waals surface area contributed by atoms with Gasteiger partial charge in [0.25, 0.3) is 10.0 Å². The maximum Gasteiger partial charge on any atom is 0.349 e. The third-order valence-corrected chi connectivity index (χ3v) is 6.13. The van der Waals surface area contributed by atoms with E-state index in [1.165, 1.54) is 79.8 Å². The molecule has 0 radical (unpaired) electrons. The Balaban J connectivity index is 1.61. The number of sulfonamides is 1. The molecule has 0 heterocycles.